The zero-order valence-corrected chi connectivity index (χ0v) is 16.1. The van der Waals surface area contributed by atoms with Crippen LogP contribution in [0.4, 0.5) is 0 Å². The van der Waals surface area contributed by atoms with Gasteiger partial charge in [0.05, 0.1) is 10.8 Å². The van der Waals surface area contributed by atoms with Crippen molar-refractivity contribution in [2.24, 2.45) is 5.92 Å². The highest BCUT2D eigenvalue weighted by atomic mass is 35.5. The SMILES string of the molecule is C[C@@H]1CNCCN1C(=O)C1CCCN(S(=O)(=O)c2ccccc2)C1.Cl. The van der Waals surface area contributed by atoms with Crippen molar-refractivity contribution >= 4 is 28.3 Å². The summed E-state index contributed by atoms with van der Waals surface area (Å²) >= 11 is 0. The van der Waals surface area contributed by atoms with E-state index in [1.54, 1.807) is 30.3 Å². The van der Waals surface area contributed by atoms with Crippen LogP contribution in [0.1, 0.15) is 19.8 Å². The first-order chi connectivity index (χ1) is 11.5. The molecule has 25 heavy (non-hydrogen) atoms. The topological polar surface area (TPSA) is 69.7 Å². The standard InChI is InChI=1S/C17H25N3O3S.ClH/c1-14-12-18-9-11-20(14)17(21)15-6-5-10-19(13-15)24(22,23)16-7-3-2-4-8-16;/h2-4,7-8,14-15,18H,5-6,9-13H2,1H3;1H/t14-,15?;/m1./s1. The number of hydrogen-bond donors (Lipinski definition) is 1. The van der Waals surface area contributed by atoms with E-state index in [-0.39, 0.29) is 36.8 Å². The molecule has 2 aliphatic rings. The third kappa shape index (κ3) is 4.34. The molecule has 2 heterocycles. The Labute approximate surface area is 156 Å². The van der Waals surface area contributed by atoms with Crippen molar-refractivity contribution in [2.45, 2.75) is 30.7 Å². The fourth-order valence-electron chi connectivity index (χ4n) is 3.51. The minimum atomic E-state index is -3.52. The van der Waals surface area contributed by atoms with Gasteiger partial charge in [-0.05, 0) is 31.9 Å². The van der Waals surface area contributed by atoms with Gasteiger partial charge in [0.2, 0.25) is 15.9 Å². The zero-order chi connectivity index (χ0) is 17.2. The van der Waals surface area contributed by atoms with E-state index < -0.39 is 10.0 Å². The maximum absolute atomic E-state index is 12.8. The number of nitrogens with one attached hydrogen (secondary N) is 1. The summed E-state index contributed by atoms with van der Waals surface area (Å²) in [7, 11) is -3.52. The van der Waals surface area contributed by atoms with Gasteiger partial charge >= 0.3 is 0 Å². The number of rotatable bonds is 3. The minimum Gasteiger partial charge on any atom is -0.337 e. The molecule has 0 radical (unpaired) electrons. The lowest BCUT2D eigenvalue weighted by molar-refractivity contribution is -0.139. The molecular formula is C17H26ClN3O3S. The maximum Gasteiger partial charge on any atom is 0.243 e. The average molecular weight is 388 g/mol. The summed E-state index contributed by atoms with van der Waals surface area (Å²) in [6.45, 7) is 5.09. The lowest BCUT2D eigenvalue weighted by Gasteiger charge is -2.39. The van der Waals surface area contributed by atoms with Crippen molar-refractivity contribution in [1.29, 1.82) is 0 Å². The van der Waals surface area contributed by atoms with E-state index in [9.17, 15) is 13.2 Å². The monoisotopic (exact) mass is 387 g/mol. The summed E-state index contributed by atoms with van der Waals surface area (Å²) < 4.78 is 27.0. The van der Waals surface area contributed by atoms with Crippen LogP contribution < -0.4 is 5.32 Å². The van der Waals surface area contributed by atoms with E-state index in [0.29, 0.717) is 18.0 Å². The highest BCUT2D eigenvalue weighted by Gasteiger charge is 2.36. The molecule has 0 saturated carbocycles. The molecular weight excluding hydrogens is 362 g/mol. The third-order valence-electron chi connectivity index (χ3n) is 4.90. The summed E-state index contributed by atoms with van der Waals surface area (Å²) in [5.74, 6) is -0.144. The molecule has 0 aliphatic carbocycles. The van der Waals surface area contributed by atoms with E-state index in [2.05, 4.69) is 5.32 Å². The summed E-state index contributed by atoms with van der Waals surface area (Å²) in [6.07, 6.45) is 1.49. The number of hydrogen-bond acceptors (Lipinski definition) is 4. The summed E-state index contributed by atoms with van der Waals surface area (Å²) in [5, 5.41) is 3.28. The Bertz CT molecular complexity index is 684. The van der Waals surface area contributed by atoms with Gasteiger partial charge in [-0.3, -0.25) is 4.79 Å². The smallest absolute Gasteiger partial charge is 0.243 e. The van der Waals surface area contributed by atoms with Gasteiger partial charge in [0.25, 0.3) is 0 Å². The van der Waals surface area contributed by atoms with Crippen molar-refractivity contribution in [3.8, 4) is 0 Å². The van der Waals surface area contributed by atoms with Crippen LogP contribution in [0.5, 0.6) is 0 Å². The van der Waals surface area contributed by atoms with E-state index in [4.69, 9.17) is 0 Å². The molecule has 1 unspecified atom stereocenters. The Hall–Kier alpha value is -1.15. The molecule has 140 valence electrons. The predicted molar refractivity (Wildman–Crippen MR) is 99.2 cm³/mol. The fourth-order valence-corrected chi connectivity index (χ4v) is 5.05. The van der Waals surface area contributed by atoms with E-state index in [0.717, 1.165) is 25.9 Å². The van der Waals surface area contributed by atoms with Gasteiger partial charge in [-0.2, -0.15) is 4.31 Å². The van der Waals surface area contributed by atoms with Crippen LogP contribution in [0, 0.1) is 5.92 Å². The second-order valence-corrected chi connectivity index (χ2v) is 8.54. The number of piperazine rings is 1. The molecule has 1 amide bonds. The highest BCUT2D eigenvalue weighted by Crippen LogP contribution is 2.25. The third-order valence-corrected chi connectivity index (χ3v) is 6.78. The second-order valence-electron chi connectivity index (χ2n) is 6.60. The zero-order valence-electron chi connectivity index (χ0n) is 14.4. The molecule has 8 heteroatoms. The van der Waals surface area contributed by atoms with Crippen LogP contribution in [-0.2, 0) is 14.8 Å². The number of sulfonamides is 1. The normalized spacial score (nSPS) is 25.2. The molecule has 0 aromatic heterocycles. The lowest BCUT2D eigenvalue weighted by Crippen LogP contribution is -2.55. The van der Waals surface area contributed by atoms with E-state index in [1.165, 1.54) is 4.31 Å². The van der Waals surface area contributed by atoms with Crippen molar-refractivity contribution in [1.82, 2.24) is 14.5 Å². The predicted octanol–water partition coefficient (Wildman–Crippen LogP) is 1.33. The lowest BCUT2D eigenvalue weighted by atomic mass is 9.97. The number of piperidine rings is 1. The van der Waals surface area contributed by atoms with Crippen molar-refractivity contribution < 1.29 is 13.2 Å². The Kier molecular flexibility index (Phi) is 6.85. The van der Waals surface area contributed by atoms with Gasteiger partial charge in [0, 0.05) is 38.8 Å². The van der Waals surface area contributed by atoms with Gasteiger partial charge in [-0.25, -0.2) is 8.42 Å². The van der Waals surface area contributed by atoms with Crippen LogP contribution >= 0.6 is 12.4 Å². The van der Waals surface area contributed by atoms with E-state index in [1.807, 2.05) is 11.8 Å². The van der Waals surface area contributed by atoms with Crippen LogP contribution in [0.15, 0.2) is 35.2 Å². The Morgan fingerprint density at radius 3 is 2.60 bits per heavy atom. The molecule has 1 aromatic rings. The average Bonchev–Trinajstić information content (AvgIpc) is 2.62. The summed E-state index contributed by atoms with van der Waals surface area (Å²) in [6, 6.07) is 8.63. The molecule has 2 fully saturated rings. The van der Waals surface area contributed by atoms with Crippen molar-refractivity contribution in [3.63, 3.8) is 0 Å². The molecule has 2 saturated heterocycles. The Balaban J connectivity index is 0.00000225. The molecule has 0 bridgehead atoms. The molecule has 2 aliphatic heterocycles. The number of carbonyl (C=O) groups is 1. The van der Waals surface area contributed by atoms with Gasteiger partial charge in [-0.15, -0.1) is 12.4 Å². The molecule has 0 spiro atoms. The summed E-state index contributed by atoms with van der Waals surface area (Å²) in [5.41, 5.74) is 0. The van der Waals surface area contributed by atoms with Gasteiger partial charge < -0.3 is 10.2 Å². The van der Waals surface area contributed by atoms with Crippen LogP contribution in [0.25, 0.3) is 0 Å². The highest BCUT2D eigenvalue weighted by molar-refractivity contribution is 7.89. The first-order valence-electron chi connectivity index (χ1n) is 8.56. The number of carbonyl (C=O) groups excluding carboxylic acids is 1. The quantitative estimate of drug-likeness (QED) is 0.849. The number of halogens is 1. The Morgan fingerprint density at radius 1 is 1.20 bits per heavy atom. The number of amides is 1. The maximum atomic E-state index is 12.8. The van der Waals surface area contributed by atoms with Crippen LogP contribution in [-0.4, -0.2) is 62.3 Å². The summed E-state index contributed by atoms with van der Waals surface area (Å²) in [4.78, 5) is 15.1. The van der Waals surface area contributed by atoms with Crippen LogP contribution in [0.2, 0.25) is 0 Å². The van der Waals surface area contributed by atoms with Crippen molar-refractivity contribution in [2.75, 3.05) is 32.7 Å². The van der Waals surface area contributed by atoms with E-state index >= 15 is 0 Å². The molecule has 3 rings (SSSR count). The number of nitrogens with zero attached hydrogens (tertiary/aromatic N) is 2. The fraction of sp³-hybridized carbons (Fsp3) is 0.588. The van der Waals surface area contributed by atoms with Crippen molar-refractivity contribution in [3.05, 3.63) is 30.3 Å². The molecule has 6 nitrogen and oxygen atoms in total. The second kappa shape index (κ2) is 8.49. The minimum absolute atomic E-state index is 0. The van der Waals surface area contributed by atoms with Gasteiger partial charge in [0.15, 0.2) is 0 Å². The van der Waals surface area contributed by atoms with Gasteiger partial charge in [-0.1, -0.05) is 18.2 Å². The molecule has 2 atom stereocenters. The number of benzene rings is 1. The first-order valence-corrected chi connectivity index (χ1v) is 10.0. The molecule has 1 N–H and O–H groups in total. The molecule has 1 aromatic carbocycles. The largest absolute Gasteiger partial charge is 0.337 e. The van der Waals surface area contributed by atoms with Crippen LogP contribution in [0.3, 0.4) is 0 Å². The first kappa shape index (κ1) is 20.2. The Morgan fingerprint density at radius 2 is 1.92 bits per heavy atom. The van der Waals surface area contributed by atoms with Gasteiger partial charge in [0.1, 0.15) is 0 Å².